The number of carboxylic acid groups (broad SMARTS) is 1. The highest BCUT2D eigenvalue weighted by Gasteiger charge is 2.13. The molecule has 0 bridgehead atoms. The lowest BCUT2D eigenvalue weighted by Crippen LogP contribution is -1.90. The Hall–Kier alpha value is -1.19. The first-order chi connectivity index (χ1) is 9.90. The monoisotopic (exact) mass is 360 g/mol. The van der Waals surface area contributed by atoms with Crippen molar-refractivity contribution in [2.45, 2.75) is 0 Å². The normalized spacial score (nSPS) is 11.0. The van der Waals surface area contributed by atoms with E-state index in [1.807, 2.05) is 0 Å². The van der Waals surface area contributed by atoms with E-state index in [0.717, 1.165) is 6.08 Å². The van der Waals surface area contributed by atoms with Crippen molar-refractivity contribution in [3.05, 3.63) is 62.1 Å². The summed E-state index contributed by atoms with van der Waals surface area (Å²) >= 11 is 24.4. The number of hydrogen-bond acceptors (Lipinski definition) is 1. The smallest absolute Gasteiger partial charge is 0.328 e. The number of benzene rings is 2. The average molecular weight is 362 g/mol. The van der Waals surface area contributed by atoms with Crippen LogP contribution in [0.15, 0.2) is 36.4 Å². The van der Waals surface area contributed by atoms with Crippen LogP contribution in [-0.4, -0.2) is 11.1 Å². The molecule has 0 aliphatic carbocycles. The van der Waals surface area contributed by atoms with E-state index in [0.29, 0.717) is 36.8 Å². The van der Waals surface area contributed by atoms with Gasteiger partial charge in [-0.25, -0.2) is 4.79 Å². The molecule has 0 radical (unpaired) electrons. The molecule has 21 heavy (non-hydrogen) atoms. The summed E-state index contributed by atoms with van der Waals surface area (Å²) in [6, 6.07) is 8.35. The van der Waals surface area contributed by atoms with Gasteiger partial charge in [0, 0.05) is 27.2 Å². The fourth-order valence-corrected chi connectivity index (χ4v) is 2.79. The minimum Gasteiger partial charge on any atom is -0.478 e. The Balaban J connectivity index is 2.70. The lowest BCUT2D eigenvalue weighted by molar-refractivity contribution is -0.131. The van der Waals surface area contributed by atoms with Crippen molar-refractivity contribution in [1.29, 1.82) is 0 Å². The van der Waals surface area contributed by atoms with Crippen LogP contribution in [0.5, 0.6) is 0 Å². The van der Waals surface area contributed by atoms with Crippen LogP contribution in [0.1, 0.15) is 5.56 Å². The SMILES string of the molecule is O=C(O)/C=C/c1c(Cl)cccc1-c1cc(Cl)cc(Cl)c1Cl. The quantitative estimate of drug-likeness (QED) is 0.532. The molecular formula is C15H8Cl4O2. The molecule has 0 aromatic heterocycles. The van der Waals surface area contributed by atoms with Crippen LogP contribution in [0, 0.1) is 0 Å². The van der Waals surface area contributed by atoms with Crippen molar-refractivity contribution in [1.82, 2.24) is 0 Å². The Labute approximate surface area is 141 Å². The van der Waals surface area contributed by atoms with Crippen molar-refractivity contribution in [3.8, 4) is 11.1 Å². The predicted molar refractivity (Wildman–Crippen MR) is 88.6 cm³/mol. The van der Waals surface area contributed by atoms with Gasteiger partial charge >= 0.3 is 5.97 Å². The van der Waals surface area contributed by atoms with Gasteiger partial charge in [-0.15, -0.1) is 0 Å². The second-order valence-corrected chi connectivity index (χ2v) is 5.75. The molecule has 108 valence electrons. The summed E-state index contributed by atoms with van der Waals surface area (Å²) in [7, 11) is 0. The largest absolute Gasteiger partial charge is 0.478 e. The molecule has 0 saturated heterocycles. The zero-order valence-corrected chi connectivity index (χ0v) is 13.4. The fourth-order valence-electron chi connectivity index (χ4n) is 1.85. The van der Waals surface area contributed by atoms with Gasteiger partial charge in [0.05, 0.1) is 10.0 Å². The van der Waals surface area contributed by atoms with Crippen LogP contribution in [0.4, 0.5) is 0 Å². The van der Waals surface area contributed by atoms with Gasteiger partial charge in [-0.2, -0.15) is 0 Å². The molecule has 0 spiro atoms. The van der Waals surface area contributed by atoms with Crippen molar-refractivity contribution in [2.24, 2.45) is 0 Å². The molecule has 2 aromatic rings. The third-order valence-corrected chi connectivity index (χ3v) is 4.08. The maximum Gasteiger partial charge on any atom is 0.328 e. The van der Waals surface area contributed by atoms with E-state index in [1.165, 1.54) is 12.1 Å². The first-order valence-corrected chi connectivity index (χ1v) is 7.25. The summed E-state index contributed by atoms with van der Waals surface area (Å²) in [5.74, 6) is -1.07. The predicted octanol–water partition coefficient (Wildman–Crippen LogP) is 6.07. The Morgan fingerprint density at radius 1 is 1.00 bits per heavy atom. The van der Waals surface area contributed by atoms with Gasteiger partial charge in [-0.1, -0.05) is 58.5 Å². The second-order valence-electron chi connectivity index (χ2n) is 4.12. The highest BCUT2D eigenvalue weighted by Crippen LogP contribution is 2.39. The molecule has 2 rings (SSSR count). The molecule has 0 aliphatic rings. The zero-order valence-electron chi connectivity index (χ0n) is 10.4. The summed E-state index contributed by atoms with van der Waals surface area (Å²) < 4.78 is 0. The summed E-state index contributed by atoms with van der Waals surface area (Å²) in [4.78, 5) is 10.7. The lowest BCUT2D eigenvalue weighted by Gasteiger charge is -2.11. The van der Waals surface area contributed by atoms with E-state index in [1.54, 1.807) is 24.3 Å². The minimum absolute atomic E-state index is 0.312. The van der Waals surface area contributed by atoms with Crippen LogP contribution in [0.25, 0.3) is 17.2 Å². The number of halogens is 4. The molecule has 0 fully saturated rings. The van der Waals surface area contributed by atoms with Crippen molar-refractivity contribution in [3.63, 3.8) is 0 Å². The molecular weight excluding hydrogens is 354 g/mol. The Bertz CT molecular complexity index is 739. The molecule has 0 saturated carbocycles. The first-order valence-electron chi connectivity index (χ1n) is 5.74. The van der Waals surface area contributed by atoms with Crippen molar-refractivity contribution in [2.75, 3.05) is 0 Å². The molecule has 2 aromatic carbocycles. The molecule has 0 atom stereocenters. The van der Waals surface area contributed by atoms with Crippen LogP contribution < -0.4 is 0 Å². The Morgan fingerprint density at radius 2 is 1.71 bits per heavy atom. The molecule has 2 nitrogen and oxygen atoms in total. The zero-order chi connectivity index (χ0) is 15.6. The van der Waals surface area contributed by atoms with Gasteiger partial charge < -0.3 is 5.11 Å². The van der Waals surface area contributed by atoms with Gasteiger partial charge in [0.15, 0.2) is 0 Å². The van der Waals surface area contributed by atoms with Gasteiger partial charge in [0.25, 0.3) is 0 Å². The third kappa shape index (κ3) is 3.72. The van der Waals surface area contributed by atoms with E-state index in [9.17, 15) is 4.79 Å². The van der Waals surface area contributed by atoms with Crippen molar-refractivity contribution >= 4 is 58.4 Å². The van der Waals surface area contributed by atoms with Gasteiger partial charge in [-0.3, -0.25) is 0 Å². The van der Waals surface area contributed by atoms with E-state index in [2.05, 4.69) is 0 Å². The van der Waals surface area contributed by atoms with Gasteiger partial charge in [0.1, 0.15) is 0 Å². The van der Waals surface area contributed by atoms with E-state index in [-0.39, 0.29) is 0 Å². The van der Waals surface area contributed by atoms with Crippen LogP contribution in [-0.2, 0) is 4.79 Å². The molecule has 0 heterocycles. The standard InChI is InChI=1S/C15H8Cl4O2/c16-8-6-11(15(19)13(18)7-8)9-2-1-3-12(17)10(9)4-5-14(20)21/h1-7H,(H,20,21)/b5-4+. The second kappa shape index (κ2) is 6.71. The van der Waals surface area contributed by atoms with Crippen molar-refractivity contribution < 1.29 is 9.90 Å². The first kappa shape index (κ1) is 16.2. The molecule has 6 heteroatoms. The summed E-state index contributed by atoms with van der Waals surface area (Å²) in [6.07, 6.45) is 2.41. The van der Waals surface area contributed by atoms with Crippen LogP contribution in [0.3, 0.4) is 0 Å². The van der Waals surface area contributed by atoms with E-state index < -0.39 is 5.97 Å². The average Bonchev–Trinajstić information content (AvgIpc) is 2.41. The number of hydrogen-bond donors (Lipinski definition) is 1. The topological polar surface area (TPSA) is 37.3 Å². The van der Waals surface area contributed by atoms with Gasteiger partial charge in [0.2, 0.25) is 0 Å². The molecule has 0 amide bonds. The van der Waals surface area contributed by atoms with Gasteiger partial charge in [-0.05, 0) is 29.8 Å². The summed E-state index contributed by atoms with van der Waals surface area (Å²) in [5, 5.41) is 10.2. The number of carbonyl (C=O) groups is 1. The Kier molecular flexibility index (Phi) is 5.17. The summed E-state index contributed by atoms with van der Waals surface area (Å²) in [5.41, 5.74) is 1.76. The van der Waals surface area contributed by atoms with E-state index in [4.69, 9.17) is 51.5 Å². The molecule has 0 unspecified atom stereocenters. The lowest BCUT2D eigenvalue weighted by atomic mass is 9.99. The fraction of sp³-hybridized carbons (Fsp3) is 0. The highest BCUT2D eigenvalue weighted by molar-refractivity contribution is 6.45. The molecule has 0 aliphatic heterocycles. The number of aliphatic carboxylic acids is 1. The molecule has 1 N–H and O–H groups in total. The Morgan fingerprint density at radius 3 is 2.38 bits per heavy atom. The van der Waals surface area contributed by atoms with E-state index >= 15 is 0 Å². The highest BCUT2D eigenvalue weighted by atomic mass is 35.5. The number of rotatable bonds is 3. The maximum atomic E-state index is 10.7. The number of carboxylic acids is 1. The third-order valence-electron chi connectivity index (χ3n) is 2.73. The van der Waals surface area contributed by atoms with Crippen LogP contribution in [0.2, 0.25) is 20.1 Å². The van der Waals surface area contributed by atoms with Crippen LogP contribution >= 0.6 is 46.4 Å². The summed E-state index contributed by atoms with van der Waals surface area (Å²) in [6.45, 7) is 0. The maximum absolute atomic E-state index is 10.7. The minimum atomic E-state index is -1.07.